The fraction of sp³-hybridized carbons (Fsp3) is 0.636. The van der Waals surface area contributed by atoms with Crippen LogP contribution in [0.1, 0.15) is 65.2 Å². The number of carbonyl (C=O) groups excluding carboxylic acids is 2. The molecule has 0 aromatic carbocycles. The number of ether oxygens (including phenoxy) is 2. The van der Waals surface area contributed by atoms with Crippen molar-refractivity contribution in [3.8, 4) is 0 Å². The van der Waals surface area contributed by atoms with Crippen LogP contribution in [0.15, 0.2) is 36.5 Å². The highest BCUT2D eigenvalue weighted by Gasteiger charge is 2.35. The summed E-state index contributed by atoms with van der Waals surface area (Å²) in [5, 5.41) is 0. The van der Waals surface area contributed by atoms with E-state index in [4.69, 9.17) is 9.47 Å². The van der Waals surface area contributed by atoms with E-state index in [0.29, 0.717) is 19.6 Å². The van der Waals surface area contributed by atoms with Crippen LogP contribution in [0.4, 0.5) is 0 Å². The molecule has 2 unspecified atom stereocenters. The van der Waals surface area contributed by atoms with Crippen molar-refractivity contribution in [3.63, 3.8) is 0 Å². The van der Waals surface area contributed by atoms with E-state index in [1.165, 1.54) is 0 Å². The average Bonchev–Trinajstić information content (AvgIpc) is 2.67. The maximum atomic E-state index is 12.4. The Balaban J connectivity index is 2.35. The van der Waals surface area contributed by atoms with Gasteiger partial charge in [0.25, 0.3) is 0 Å². The molecule has 0 bridgehead atoms. The smallest absolute Gasteiger partial charge is 0.313 e. The first-order valence-corrected chi connectivity index (χ1v) is 9.93. The van der Waals surface area contributed by atoms with Gasteiger partial charge in [0.05, 0.1) is 25.0 Å². The first-order valence-electron chi connectivity index (χ1n) is 9.93. The first-order chi connectivity index (χ1) is 12.7. The second-order valence-electron chi connectivity index (χ2n) is 6.60. The lowest BCUT2D eigenvalue weighted by Crippen LogP contribution is -2.33. The molecular weight excluding hydrogens is 328 g/mol. The highest BCUT2D eigenvalue weighted by Crippen LogP contribution is 2.27. The molecule has 0 radical (unpaired) electrons. The molecule has 1 rings (SSSR count). The fourth-order valence-electron chi connectivity index (χ4n) is 2.95. The predicted molar refractivity (Wildman–Crippen MR) is 105 cm³/mol. The molecule has 0 saturated heterocycles. The van der Waals surface area contributed by atoms with Gasteiger partial charge in [-0.1, -0.05) is 36.5 Å². The van der Waals surface area contributed by atoms with Crippen molar-refractivity contribution < 1.29 is 19.1 Å². The third kappa shape index (κ3) is 9.02. The molecular formula is C22H34O4. The minimum Gasteiger partial charge on any atom is -0.465 e. The Hall–Kier alpha value is -1.84. The van der Waals surface area contributed by atoms with Crippen molar-refractivity contribution in [2.75, 3.05) is 13.2 Å². The molecule has 1 aliphatic carbocycles. The van der Waals surface area contributed by atoms with E-state index in [0.717, 1.165) is 44.9 Å². The molecule has 146 valence electrons. The number of hydrogen-bond donors (Lipinski definition) is 0. The van der Waals surface area contributed by atoms with Crippen molar-refractivity contribution in [3.05, 3.63) is 36.5 Å². The quantitative estimate of drug-likeness (QED) is 0.274. The molecule has 0 fully saturated rings. The average molecular weight is 363 g/mol. The van der Waals surface area contributed by atoms with E-state index in [1.54, 1.807) is 0 Å². The Kier molecular flexibility index (Phi) is 12.2. The van der Waals surface area contributed by atoms with E-state index in [-0.39, 0.29) is 11.9 Å². The molecule has 0 aliphatic heterocycles. The Morgan fingerprint density at radius 2 is 1.50 bits per heavy atom. The Labute approximate surface area is 158 Å². The number of esters is 2. The van der Waals surface area contributed by atoms with Gasteiger partial charge in [-0.2, -0.15) is 0 Å². The monoisotopic (exact) mass is 362 g/mol. The normalized spacial score (nSPS) is 19.9. The van der Waals surface area contributed by atoms with Gasteiger partial charge in [-0.15, -0.1) is 0 Å². The molecule has 4 nitrogen and oxygen atoms in total. The van der Waals surface area contributed by atoms with Gasteiger partial charge in [-0.3, -0.25) is 9.59 Å². The third-order valence-corrected chi connectivity index (χ3v) is 4.49. The summed E-state index contributed by atoms with van der Waals surface area (Å²) in [6, 6.07) is 0. The van der Waals surface area contributed by atoms with Gasteiger partial charge in [0.1, 0.15) is 0 Å². The van der Waals surface area contributed by atoms with E-state index in [9.17, 15) is 9.59 Å². The zero-order chi connectivity index (χ0) is 19.0. The summed E-state index contributed by atoms with van der Waals surface area (Å²) in [6.07, 6.45) is 19.2. The maximum Gasteiger partial charge on any atom is 0.313 e. The Morgan fingerprint density at radius 3 is 2.08 bits per heavy atom. The zero-order valence-electron chi connectivity index (χ0n) is 16.3. The molecule has 0 spiro atoms. The largest absolute Gasteiger partial charge is 0.465 e. The van der Waals surface area contributed by atoms with Crippen LogP contribution in [-0.4, -0.2) is 25.2 Å². The summed E-state index contributed by atoms with van der Waals surface area (Å²) in [7, 11) is 0. The molecule has 0 saturated carbocycles. The van der Waals surface area contributed by atoms with Gasteiger partial charge in [0, 0.05) is 0 Å². The summed E-state index contributed by atoms with van der Waals surface area (Å²) >= 11 is 0. The summed E-state index contributed by atoms with van der Waals surface area (Å²) in [5.41, 5.74) is 0. The van der Waals surface area contributed by atoms with Crippen molar-refractivity contribution in [2.24, 2.45) is 11.8 Å². The summed E-state index contributed by atoms with van der Waals surface area (Å²) in [4.78, 5) is 24.7. The highest BCUT2D eigenvalue weighted by molar-refractivity contribution is 5.83. The topological polar surface area (TPSA) is 52.6 Å². The second-order valence-corrected chi connectivity index (χ2v) is 6.60. The lowest BCUT2D eigenvalue weighted by molar-refractivity contribution is -0.159. The molecule has 0 aromatic heterocycles. The Bertz CT molecular complexity index is 490. The highest BCUT2D eigenvalue weighted by atomic mass is 16.5. The summed E-state index contributed by atoms with van der Waals surface area (Å²) in [5.74, 6) is -1.49. The minimum absolute atomic E-state index is 0.268. The molecule has 1 aliphatic rings. The van der Waals surface area contributed by atoms with Crippen LogP contribution in [0.5, 0.6) is 0 Å². The zero-order valence-corrected chi connectivity index (χ0v) is 16.3. The summed E-state index contributed by atoms with van der Waals surface area (Å²) < 4.78 is 10.8. The van der Waals surface area contributed by atoms with Gasteiger partial charge < -0.3 is 9.47 Å². The van der Waals surface area contributed by atoms with Crippen molar-refractivity contribution in [1.29, 1.82) is 0 Å². The predicted octanol–water partition coefficient (Wildman–Crippen LogP) is 5.15. The van der Waals surface area contributed by atoms with E-state index >= 15 is 0 Å². The molecule has 4 heteroatoms. The first kappa shape index (κ1) is 22.2. The lowest BCUT2D eigenvalue weighted by Gasteiger charge is -2.24. The van der Waals surface area contributed by atoms with Gasteiger partial charge in [-0.25, -0.2) is 0 Å². The van der Waals surface area contributed by atoms with Gasteiger partial charge in [0.2, 0.25) is 0 Å². The number of rotatable bonds is 12. The van der Waals surface area contributed by atoms with Crippen molar-refractivity contribution in [2.45, 2.75) is 65.2 Å². The van der Waals surface area contributed by atoms with Gasteiger partial charge in [-0.05, 0) is 65.2 Å². The summed E-state index contributed by atoms with van der Waals surface area (Å²) in [6.45, 7) is 4.83. The third-order valence-electron chi connectivity index (χ3n) is 4.49. The molecule has 0 aromatic rings. The number of allylic oxidation sites excluding steroid dienone is 5. The van der Waals surface area contributed by atoms with E-state index in [2.05, 4.69) is 12.2 Å². The molecule has 0 N–H and O–H groups in total. The molecule has 0 amide bonds. The van der Waals surface area contributed by atoms with Crippen molar-refractivity contribution in [1.82, 2.24) is 0 Å². The van der Waals surface area contributed by atoms with E-state index in [1.807, 2.05) is 38.2 Å². The van der Waals surface area contributed by atoms with Gasteiger partial charge in [0.15, 0.2) is 0 Å². The lowest BCUT2D eigenvalue weighted by atomic mass is 9.84. The van der Waals surface area contributed by atoms with Crippen molar-refractivity contribution >= 4 is 11.9 Å². The Morgan fingerprint density at radius 1 is 0.923 bits per heavy atom. The van der Waals surface area contributed by atoms with Crippen LogP contribution in [-0.2, 0) is 19.1 Å². The van der Waals surface area contributed by atoms with Crippen LogP contribution in [0.2, 0.25) is 0 Å². The van der Waals surface area contributed by atoms with E-state index < -0.39 is 11.8 Å². The number of hydrogen-bond acceptors (Lipinski definition) is 4. The molecule has 26 heavy (non-hydrogen) atoms. The molecule has 0 heterocycles. The minimum atomic E-state index is -0.505. The second kappa shape index (κ2) is 14.3. The van der Waals surface area contributed by atoms with Gasteiger partial charge >= 0.3 is 11.9 Å². The van der Waals surface area contributed by atoms with Crippen LogP contribution in [0.25, 0.3) is 0 Å². The standard InChI is InChI=1S/C22H34O4/c1-3-5-7-9-13-17-25-21(23)19-15-11-12-16-20(19)22(24)26-18-14-10-8-6-4-2/h3-6,11,15,19-20H,7-10,12-14,16-18H2,1-2H3/b5-3+,6-4+. The maximum absolute atomic E-state index is 12.4. The van der Waals surface area contributed by atoms with Crippen LogP contribution in [0, 0.1) is 11.8 Å². The number of unbranched alkanes of at least 4 members (excludes halogenated alkanes) is 4. The van der Waals surface area contributed by atoms with Crippen LogP contribution >= 0.6 is 0 Å². The fourth-order valence-corrected chi connectivity index (χ4v) is 2.95. The van der Waals surface area contributed by atoms with Crippen LogP contribution in [0.3, 0.4) is 0 Å². The SMILES string of the molecule is C/C=C/CCCCOC(=O)C1C=CCCC1C(=O)OCCCC/C=C/C. The van der Waals surface area contributed by atoms with Crippen LogP contribution < -0.4 is 0 Å². The number of carbonyl (C=O) groups is 2. The molecule has 2 atom stereocenters.